The summed E-state index contributed by atoms with van der Waals surface area (Å²) in [4.78, 5) is 36.1. The Labute approximate surface area is 225 Å². The summed E-state index contributed by atoms with van der Waals surface area (Å²) in [6, 6.07) is 13.6. The predicted octanol–water partition coefficient (Wildman–Crippen LogP) is 4.01. The zero-order chi connectivity index (χ0) is 27.1. The molecule has 0 spiro atoms. The van der Waals surface area contributed by atoms with Crippen LogP contribution in [-0.4, -0.2) is 55.3 Å². The van der Waals surface area contributed by atoms with Crippen LogP contribution in [0.2, 0.25) is 0 Å². The lowest BCUT2D eigenvalue weighted by Crippen LogP contribution is -2.45. The van der Waals surface area contributed by atoms with Crippen LogP contribution >= 0.6 is 0 Å². The number of aryl methyl sites for hydroxylation is 2. The van der Waals surface area contributed by atoms with Crippen LogP contribution in [0, 0.1) is 0 Å². The topological polar surface area (TPSA) is 121 Å². The molecule has 0 saturated carbocycles. The minimum Gasteiger partial charge on any atom is -0.477 e. The third-order valence-electron chi connectivity index (χ3n) is 7.99. The van der Waals surface area contributed by atoms with Crippen molar-refractivity contribution in [1.82, 2.24) is 19.4 Å². The van der Waals surface area contributed by atoms with E-state index in [1.165, 1.54) is 23.5 Å². The van der Waals surface area contributed by atoms with Crippen LogP contribution in [0.25, 0.3) is 16.7 Å². The van der Waals surface area contributed by atoms with Crippen LogP contribution in [0.4, 0.5) is 11.6 Å². The number of piperidine rings is 1. The first-order chi connectivity index (χ1) is 18.8. The molecule has 1 aliphatic heterocycles. The molecule has 1 unspecified atom stereocenters. The SMILES string of the molecule is CCN1CCCC(O)(c2cccc(Nc3ncc4c(=O)c(C(=O)O)cn(-c5ccc6c(c5)CCC6)c4n3)c2)C1. The largest absolute Gasteiger partial charge is 0.477 e. The third-order valence-corrected chi connectivity index (χ3v) is 7.99. The van der Waals surface area contributed by atoms with Gasteiger partial charge in [-0.1, -0.05) is 25.1 Å². The molecule has 1 fully saturated rings. The van der Waals surface area contributed by atoms with Crippen molar-refractivity contribution < 1.29 is 15.0 Å². The summed E-state index contributed by atoms with van der Waals surface area (Å²) < 4.78 is 1.66. The van der Waals surface area contributed by atoms with E-state index in [1.54, 1.807) is 4.57 Å². The molecule has 39 heavy (non-hydrogen) atoms. The van der Waals surface area contributed by atoms with Gasteiger partial charge in [0.05, 0.1) is 5.39 Å². The van der Waals surface area contributed by atoms with Gasteiger partial charge in [-0.05, 0) is 86.1 Å². The number of carboxylic acids is 1. The molecule has 1 aliphatic carbocycles. The van der Waals surface area contributed by atoms with E-state index >= 15 is 0 Å². The molecule has 2 aromatic heterocycles. The van der Waals surface area contributed by atoms with Crippen LogP contribution < -0.4 is 10.7 Å². The molecular weight excluding hydrogens is 494 g/mol. The third kappa shape index (κ3) is 4.68. The molecule has 0 radical (unpaired) electrons. The number of aliphatic hydroxyl groups is 1. The van der Waals surface area contributed by atoms with Gasteiger partial charge in [0.25, 0.3) is 0 Å². The van der Waals surface area contributed by atoms with Gasteiger partial charge in [-0.2, -0.15) is 4.98 Å². The molecular formula is C30H31N5O4. The Morgan fingerprint density at radius 3 is 2.79 bits per heavy atom. The predicted molar refractivity (Wildman–Crippen MR) is 149 cm³/mol. The highest BCUT2D eigenvalue weighted by Gasteiger charge is 2.34. The number of rotatable bonds is 6. The number of likely N-dealkylation sites (tertiary alicyclic amines) is 1. The highest BCUT2D eigenvalue weighted by molar-refractivity contribution is 5.92. The Balaban J connectivity index is 1.40. The molecule has 3 heterocycles. The number of anilines is 2. The second kappa shape index (κ2) is 9.91. The quantitative estimate of drug-likeness (QED) is 0.345. The van der Waals surface area contributed by atoms with Gasteiger partial charge >= 0.3 is 5.97 Å². The van der Waals surface area contributed by atoms with Gasteiger partial charge in [0, 0.05) is 30.3 Å². The minimum absolute atomic E-state index is 0.130. The number of carboxylic acid groups (broad SMARTS) is 1. The molecule has 0 bridgehead atoms. The Kier molecular flexibility index (Phi) is 6.40. The summed E-state index contributed by atoms with van der Waals surface area (Å²) in [5.74, 6) is -1.03. The number of pyridine rings is 1. The highest BCUT2D eigenvalue weighted by Crippen LogP contribution is 2.33. The summed E-state index contributed by atoms with van der Waals surface area (Å²) in [5.41, 5.74) is 3.23. The lowest BCUT2D eigenvalue weighted by atomic mass is 9.85. The molecule has 1 atom stereocenters. The molecule has 4 aromatic rings. The number of hydrogen-bond acceptors (Lipinski definition) is 7. The first kappa shape index (κ1) is 25.2. The maximum atomic E-state index is 13.0. The molecule has 9 nitrogen and oxygen atoms in total. The van der Waals surface area contributed by atoms with Crippen molar-refractivity contribution >= 4 is 28.6 Å². The van der Waals surface area contributed by atoms with Crippen molar-refractivity contribution in [2.45, 2.75) is 44.6 Å². The van der Waals surface area contributed by atoms with Gasteiger partial charge in [-0.3, -0.25) is 4.79 Å². The second-order valence-corrected chi connectivity index (χ2v) is 10.5. The smallest absolute Gasteiger partial charge is 0.341 e. The summed E-state index contributed by atoms with van der Waals surface area (Å²) >= 11 is 0. The highest BCUT2D eigenvalue weighted by atomic mass is 16.4. The van der Waals surface area contributed by atoms with Crippen molar-refractivity contribution in [3.05, 3.63) is 87.3 Å². The summed E-state index contributed by atoms with van der Waals surface area (Å²) in [6.45, 7) is 4.55. The van der Waals surface area contributed by atoms with Crippen molar-refractivity contribution in [1.29, 1.82) is 0 Å². The molecule has 0 amide bonds. The van der Waals surface area contributed by atoms with Crippen molar-refractivity contribution in [2.75, 3.05) is 25.0 Å². The second-order valence-electron chi connectivity index (χ2n) is 10.5. The number of aromatic nitrogens is 3. The van der Waals surface area contributed by atoms with E-state index in [0.29, 0.717) is 24.3 Å². The zero-order valence-corrected chi connectivity index (χ0v) is 21.9. The fraction of sp³-hybridized carbons (Fsp3) is 0.333. The number of benzene rings is 2. The summed E-state index contributed by atoms with van der Waals surface area (Å²) in [7, 11) is 0. The van der Waals surface area contributed by atoms with Crippen LogP contribution in [0.3, 0.4) is 0 Å². The van der Waals surface area contributed by atoms with E-state index in [9.17, 15) is 19.8 Å². The summed E-state index contributed by atoms with van der Waals surface area (Å²) in [6.07, 6.45) is 7.42. The van der Waals surface area contributed by atoms with E-state index < -0.39 is 17.0 Å². The van der Waals surface area contributed by atoms with Crippen LogP contribution in [0.1, 0.15) is 53.2 Å². The van der Waals surface area contributed by atoms with Crippen LogP contribution in [-0.2, 0) is 18.4 Å². The van der Waals surface area contributed by atoms with E-state index in [1.807, 2.05) is 36.4 Å². The number of aromatic carboxylic acids is 1. The zero-order valence-electron chi connectivity index (χ0n) is 21.9. The molecule has 2 aromatic carbocycles. The normalized spacial score (nSPS) is 19.2. The molecule has 3 N–H and O–H groups in total. The fourth-order valence-electron chi connectivity index (χ4n) is 5.87. The minimum atomic E-state index is -1.29. The fourth-order valence-corrected chi connectivity index (χ4v) is 5.87. The number of nitrogens with one attached hydrogen (secondary N) is 1. The van der Waals surface area contributed by atoms with Crippen molar-refractivity contribution in [3.63, 3.8) is 0 Å². The lowest BCUT2D eigenvalue weighted by molar-refractivity contribution is -0.0339. The van der Waals surface area contributed by atoms with Crippen molar-refractivity contribution in [3.8, 4) is 5.69 Å². The first-order valence-corrected chi connectivity index (χ1v) is 13.4. The van der Waals surface area contributed by atoms with Gasteiger partial charge in [0.15, 0.2) is 5.65 Å². The maximum absolute atomic E-state index is 13.0. The number of hydrogen-bond donors (Lipinski definition) is 3. The Morgan fingerprint density at radius 2 is 1.97 bits per heavy atom. The van der Waals surface area contributed by atoms with E-state index in [4.69, 9.17) is 0 Å². The van der Waals surface area contributed by atoms with Gasteiger partial charge in [0.1, 0.15) is 11.2 Å². The maximum Gasteiger partial charge on any atom is 0.341 e. The lowest BCUT2D eigenvalue weighted by Gasteiger charge is -2.39. The monoisotopic (exact) mass is 525 g/mol. The molecule has 2 aliphatic rings. The van der Waals surface area contributed by atoms with Crippen LogP contribution in [0.5, 0.6) is 0 Å². The number of fused-ring (bicyclic) bond motifs is 2. The van der Waals surface area contributed by atoms with Gasteiger partial charge in [-0.15, -0.1) is 0 Å². The number of β-amino-alcohol motifs (C(OH)–C–C–N with tert-alkyl or cyclic N) is 1. The molecule has 9 heteroatoms. The Hall–Kier alpha value is -4.08. The van der Waals surface area contributed by atoms with Gasteiger partial charge in [0.2, 0.25) is 11.4 Å². The standard InChI is InChI=1S/C30H31N5O4/c1-2-34-13-5-12-30(39,18-34)21-8-4-9-22(15-21)32-29-31-16-24-26(36)25(28(37)38)17-35(27(24)33-29)23-11-10-19-6-3-7-20(19)14-23/h4,8-11,14-17,39H,2-3,5-7,12-13,18H2,1H3,(H,37,38)(H,31,32,33). The number of likely N-dealkylation sites (N-methyl/N-ethyl adjacent to an activating group) is 1. The number of nitrogens with zero attached hydrogens (tertiary/aromatic N) is 4. The molecule has 6 rings (SSSR count). The van der Waals surface area contributed by atoms with Crippen LogP contribution in [0.15, 0.2) is 59.7 Å². The first-order valence-electron chi connectivity index (χ1n) is 13.4. The summed E-state index contributed by atoms with van der Waals surface area (Å²) in [5, 5.41) is 24.5. The average Bonchev–Trinajstić information content (AvgIpc) is 3.41. The van der Waals surface area contributed by atoms with Gasteiger partial charge < -0.3 is 25.0 Å². The van der Waals surface area contributed by atoms with E-state index in [0.717, 1.165) is 50.0 Å². The Bertz CT molecular complexity index is 1650. The number of carbonyl (C=O) groups is 1. The molecule has 1 saturated heterocycles. The van der Waals surface area contributed by atoms with E-state index in [2.05, 4.69) is 33.2 Å². The Morgan fingerprint density at radius 1 is 1.13 bits per heavy atom. The molecule has 200 valence electrons. The van der Waals surface area contributed by atoms with Gasteiger partial charge in [-0.25, -0.2) is 9.78 Å². The van der Waals surface area contributed by atoms with E-state index in [-0.39, 0.29) is 16.9 Å². The average molecular weight is 526 g/mol. The van der Waals surface area contributed by atoms with Crippen molar-refractivity contribution in [2.24, 2.45) is 0 Å².